The van der Waals surface area contributed by atoms with Crippen molar-refractivity contribution < 1.29 is 23.0 Å². The Labute approximate surface area is 128 Å². The Morgan fingerprint density at radius 3 is 2.29 bits per heavy atom. The van der Waals surface area contributed by atoms with Gasteiger partial charge in [-0.1, -0.05) is 32.0 Å². The number of hydrogen-bond donors (Lipinski definition) is 2. The Bertz CT molecular complexity index is 427. The van der Waals surface area contributed by atoms with E-state index in [0.29, 0.717) is 12.3 Å². The summed E-state index contributed by atoms with van der Waals surface area (Å²) in [5.74, 6) is 0.0228. The van der Waals surface area contributed by atoms with E-state index in [1.165, 1.54) is 18.2 Å². The highest BCUT2D eigenvalue weighted by atomic mass is 35.5. The molecule has 0 fully saturated rings. The first-order chi connectivity index (χ1) is 9.20. The third-order valence-electron chi connectivity index (χ3n) is 2.96. The maximum atomic E-state index is 12.3. The van der Waals surface area contributed by atoms with Gasteiger partial charge in [0.25, 0.3) is 0 Å². The first kappa shape index (κ1) is 20.0. The molecule has 0 saturated carbocycles. The van der Waals surface area contributed by atoms with Gasteiger partial charge in [-0.2, -0.15) is 0 Å². The van der Waals surface area contributed by atoms with Crippen molar-refractivity contribution in [2.24, 2.45) is 11.7 Å². The summed E-state index contributed by atoms with van der Waals surface area (Å²) in [6.07, 6.45) is -4.51. The Morgan fingerprint density at radius 2 is 1.76 bits per heavy atom. The Hall–Kier alpha value is -0.980. The standard InChI is InChI=1S/C14H20F3NO2.ClH/c1-9(2)7-8-11(19)13(18)10-5-3-4-6-12(10)20-14(15,16)17;/h3-6,9,11,13,19H,7-8,18H2,1-2H3;1H/t11-,13+;/m0./s1. The number of alkyl halides is 3. The lowest BCUT2D eigenvalue weighted by atomic mass is 9.95. The molecule has 1 rings (SSSR count). The van der Waals surface area contributed by atoms with E-state index in [4.69, 9.17) is 5.73 Å². The Balaban J connectivity index is 0.00000400. The van der Waals surface area contributed by atoms with E-state index in [9.17, 15) is 18.3 Å². The Morgan fingerprint density at radius 1 is 1.19 bits per heavy atom. The predicted octanol–water partition coefficient (Wildman–Crippen LogP) is 3.80. The zero-order valence-corrected chi connectivity index (χ0v) is 12.7. The van der Waals surface area contributed by atoms with Crippen molar-refractivity contribution in [3.8, 4) is 5.75 Å². The zero-order chi connectivity index (χ0) is 15.3. The number of rotatable bonds is 6. The van der Waals surface area contributed by atoms with Crippen LogP contribution in [0, 0.1) is 5.92 Å². The number of para-hydroxylation sites is 1. The smallest absolute Gasteiger partial charge is 0.405 e. The number of halogens is 4. The van der Waals surface area contributed by atoms with Crippen LogP contribution in [0.15, 0.2) is 24.3 Å². The summed E-state index contributed by atoms with van der Waals surface area (Å²) in [7, 11) is 0. The molecule has 0 aromatic heterocycles. The maximum absolute atomic E-state index is 12.3. The summed E-state index contributed by atoms with van der Waals surface area (Å²) < 4.78 is 40.9. The van der Waals surface area contributed by atoms with Gasteiger partial charge in [0, 0.05) is 5.56 Å². The minimum Gasteiger partial charge on any atom is -0.405 e. The van der Waals surface area contributed by atoms with Gasteiger partial charge in [0.2, 0.25) is 0 Å². The van der Waals surface area contributed by atoms with Gasteiger partial charge in [-0.25, -0.2) is 0 Å². The lowest BCUT2D eigenvalue weighted by molar-refractivity contribution is -0.275. The van der Waals surface area contributed by atoms with E-state index >= 15 is 0 Å². The topological polar surface area (TPSA) is 55.5 Å². The molecule has 21 heavy (non-hydrogen) atoms. The highest BCUT2D eigenvalue weighted by molar-refractivity contribution is 5.85. The summed E-state index contributed by atoms with van der Waals surface area (Å²) in [6, 6.07) is 4.71. The summed E-state index contributed by atoms with van der Waals surface area (Å²) in [4.78, 5) is 0. The number of nitrogens with two attached hydrogens (primary N) is 1. The molecule has 0 saturated heterocycles. The quantitative estimate of drug-likeness (QED) is 0.835. The van der Waals surface area contributed by atoms with E-state index in [0.717, 1.165) is 6.42 Å². The second-order valence-corrected chi connectivity index (χ2v) is 5.15. The van der Waals surface area contributed by atoms with Gasteiger partial charge in [0.15, 0.2) is 0 Å². The van der Waals surface area contributed by atoms with Gasteiger partial charge < -0.3 is 15.6 Å². The molecule has 0 aliphatic heterocycles. The van der Waals surface area contributed by atoms with Gasteiger partial charge in [0.05, 0.1) is 12.1 Å². The second-order valence-electron chi connectivity index (χ2n) is 5.15. The number of benzene rings is 1. The second kappa shape index (κ2) is 8.46. The number of aliphatic hydroxyl groups is 1. The monoisotopic (exact) mass is 327 g/mol. The van der Waals surface area contributed by atoms with Crippen LogP contribution in [-0.4, -0.2) is 17.6 Å². The molecule has 0 aliphatic carbocycles. The molecule has 0 amide bonds. The fourth-order valence-electron chi connectivity index (χ4n) is 1.86. The van der Waals surface area contributed by atoms with Crippen LogP contribution in [0.4, 0.5) is 13.2 Å². The average Bonchev–Trinajstić information content (AvgIpc) is 2.33. The van der Waals surface area contributed by atoms with Crippen molar-refractivity contribution in [3.63, 3.8) is 0 Å². The summed E-state index contributed by atoms with van der Waals surface area (Å²) in [5.41, 5.74) is 6.00. The van der Waals surface area contributed by atoms with Crippen LogP contribution in [0.1, 0.15) is 38.3 Å². The summed E-state index contributed by atoms with van der Waals surface area (Å²) in [6.45, 7) is 4.00. The van der Waals surface area contributed by atoms with E-state index in [-0.39, 0.29) is 23.7 Å². The molecule has 0 heterocycles. The molecule has 3 N–H and O–H groups in total. The molecule has 7 heteroatoms. The lowest BCUT2D eigenvalue weighted by Gasteiger charge is -2.22. The van der Waals surface area contributed by atoms with E-state index in [1.807, 2.05) is 13.8 Å². The van der Waals surface area contributed by atoms with E-state index in [1.54, 1.807) is 6.07 Å². The first-order valence-corrected chi connectivity index (χ1v) is 6.49. The van der Waals surface area contributed by atoms with E-state index < -0.39 is 18.5 Å². The molecule has 0 bridgehead atoms. The number of ether oxygens (including phenoxy) is 1. The van der Waals surface area contributed by atoms with Crippen LogP contribution in [-0.2, 0) is 0 Å². The van der Waals surface area contributed by atoms with Gasteiger partial charge in [-0.05, 0) is 24.8 Å². The zero-order valence-electron chi connectivity index (χ0n) is 11.9. The molecule has 0 aliphatic rings. The lowest BCUT2D eigenvalue weighted by Crippen LogP contribution is -2.28. The van der Waals surface area contributed by atoms with E-state index in [2.05, 4.69) is 4.74 Å². The van der Waals surface area contributed by atoms with Crippen LogP contribution >= 0.6 is 12.4 Å². The number of aliphatic hydroxyl groups excluding tert-OH is 1. The van der Waals surface area contributed by atoms with Gasteiger partial charge in [-0.3, -0.25) is 0 Å². The van der Waals surface area contributed by atoms with Crippen molar-refractivity contribution in [2.75, 3.05) is 0 Å². The molecule has 0 radical (unpaired) electrons. The van der Waals surface area contributed by atoms with Crippen molar-refractivity contribution in [1.29, 1.82) is 0 Å². The fraction of sp³-hybridized carbons (Fsp3) is 0.571. The molecule has 1 aromatic rings. The SMILES string of the molecule is CC(C)CC[C@H](O)[C@H](N)c1ccccc1OC(F)(F)F.Cl. The molecule has 122 valence electrons. The highest BCUT2D eigenvalue weighted by Crippen LogP contribution is 2.31. The van der Waals surface area contributed by atoms with Crippen LogP contribution in [0.5, 0.6) is 5.75 Å². The van der Waals surface area contributed by atoms with Crippen LogP contribution in [0.2, 0.25) is 0 Å². The third-order valence-corrected chi connectivity index (χ3v) is 2.96. The minimum absolute atomic E-state index is 0. The van der Waals surface area contributed by atoms with Gasteiger partial charge >= 0.3 is 6.36 Å². The van der Waals surface area contributed by atoms with Crippen molar-refractivity contribution in [2.45, 2.75) is 45.2 Å². The average molecular weight is 328 g/mol. The van der Waals surface area contributed by atoms with Crippen LogP contribution in [0.3, 0.4) is 0 Å². The van der Waals surface area contributed by atoms with Gasteiger partial charge in [-0.15, -0.1) is 25.6 Å². The molecule has 0 spiro atoms. The molecular formula is C14H21ClF3NO2. The fourth-order valence-corrected chi connectivity index (χ4v) is 1.86. The van der Waals surface area contributed by atoms with Crippen molar-refractivity contribution >= 4 is 12.4 Å². The Kier molecular flexibility index (Phi) is 8.06. The molecule has 0 unspecified atom stereocenters. The summed E-state index contributed by atoms with van der Waals surface area (Å²) >= 11 is 0. The normalized spacial score (nSPS) is 14.5. The van der Waals surface area contributed by atoms with Crippen molar-refractivity contribution in [1.82, 2.24) is 0 Å². The predicted molar refractivity (Wildman–Crippen MR) is 77.4 cm³/mol. The largest absolute Gasteiger partial charge is 0.573 e. The molecule has 2 atom stereocenters. The number of hydrogen-bond acceptors (Lipinski definition) is 3. The molecule has 1 aromatic carbocycles. The minimum atomic E-state index is -4.78. The van der Waals surface area contributed by atoms with Crippen LogP contribution in [0.25, 0.3) is 0 Å². The van der Waals surface area contributed by atoms with Crippen LogP contribution < -0.4 is 10.5 Å². The van der Waals surface area contributed by atoms with Crippen molar-refractivity contribution in [3.05, 3.63) is 29.8 Å². The third kappa shape index (κ3) is 7.02. The molecule has 3 nitrogen and oxygen atoms in total. The van der Waals surface area contributed by atoms with Gasteiger partial charge in [0.1, 0.15) is 5.75 Å². The summed E-state index contributed by atoms with van der Waals surface area (Å²) in [5, 5.41) is 9.98. The highest BCUT2D eigenvalue weighted by Gasteiger charge is 2.33. The molecular weight excluding hydrogens is 307 g/mol. The first-order valence-electron chi connectivity index (χ1n) is 6.49. The maximum Gasteiger partial charge on any atom is 0.573 e.